The molecule has 0 spiro atoms. The zero-order chi connectivity index (χ0) is 21.1. The van der Waals surface area contributed by atoms with Crippen molar-refractivity contribution in [1.82, 2.24) is 4.90 Å². The minimum absolute atomic E-state index is 0.0132. The number of rotatable bonds is 5. The number of carbonyl (C=O) groups excluding carboxylic acids is 1. The molecule has 2 aromatic rings. The van der Waals surface area contributed by atoms with Gasteiger partial charge in [0, 0.05) is 18.0 Å². The van der Waals surface area contributed by atoms with E-state index >= 15 is 0 Å². The van der Waals surface area contributed by atoms with E-state index < -0.39 is 5.60 Å². The number of likely N-dealkylation sites (tertiary alicyclic amines) is 1. The molecule has 160 valence electrons. The molecular weight excluding hydrogens is 378 g/mol. The highest BCUT2D eigenvalue weighted by molar-refractivity contribution is 5.79. The summed E-state index contributed by atoms with van der Waals surface area (Å²) in [7, 11) is 3.29. The molecule has 3 atom stereocenters. The molecule has 0 radical (unpaired) electrons. The molecule has 2 aromatic carbocycles. The summed E-state index contributed by atoms with van der Waals surface area (Å²) in [6.45, 7) is 0.545. The standard InChI is InChI=1S/C25H31NO4/c1-29-19-11-12-22(30-2)20(17-19)24-21-10-6-7-13-25(21,28)14-15-26(24)23(27)16-18-8-4-3-5-9-18/h3-5,8-9,11-12,17,21,24,28H,6-7,10,13-16H2,1-2H3/t21-,24+,25+/m0/s1. The van der Waals surface area contributed by atoms with Gasteiger partial charge in [-0.25, -0.2) is 0 Å². The second-order valence-corrected chi connectivity index (χ2v) is 8.51. The summed E-state index contributed by atoms with van der Waals surface area (Å²) in [5, 5.41) is 11.5. The molecule has 2 aliphatic rings. The molecular formula is C25H31NO4. The molecule has 1 aliphatic carbocycles. The number of methoxy groups -OCH3 is 2. The van der Waals surface area contributed by atoms with E-state index in [1.54, 1.807) is 14.2 Å². The van der Waals surface area contributed by atoms with E-state index in [9.17, 15) is 9.90 Å². The molecule has 2 fully saturated rings. The number of benzene rings is 2. The lowest BCUT2D eigenvalue weighted by molar-refractivity contribution is -0.154. The molecule has 4 rings (SSSR count). The number of fused-ring (bicyclic) bond motifs is 1. The first kappa shape index (κ1) is 20.7. The van der Waals surface area contributed by atoms with Crippen LogP contribution in [0.3, 0.4) is 0 Å². The summed E-state index contributed by atoms with van der Waals surface area (Å²) < 4.78 is 11.2. The summed E-state index contributed by atoms with van der Waals surface area (Å²) in [4.78, 5) is 15.4. The maximum atomic E-state index is 13.5. The monoisotopic (exact) mass is 409 g/mol. The lowest BCUT2D eigenvalue weighted by Crippen LogP contribution is -2.56. The maximum Gasteiger partial charge on any atom is 0.227 e. The predicted molar refractivity (Wildman–Crippen MR) is 116 cm³/mol. The largest absolute Gasteiger partial charge is 0.497 e. The molecule has 1 saturated heterocycles. The van der Waals surface area contributed by atoms with Crippen molar-refractivity contribution in [3.8, 4) is 11.5 Å². The number of piperidine rings is 1. The van der Waals surface area contributed by atoms with Crippen LogP contribution >= 0.6 is 0 Å². The Balaban J connectivity index is 1.74. The third-order valence-corrected chi connectivity index (χ3v) is 6.84. The Labute approximate surface area is 178 Å². The minimum atomic E-state index is -0.736. The van der Waals surface area contributed by atoms with Crippen LogP contribution in [0, 0.1) is 5.92 Å². The van der Waals surface area contributed by atoms with Gasteiger partial charge in [-0.3, -0.25) is 4.79 Å². The predicted octanol–water partition coefficient (Wildman–Crippen LogP) is 4.14. The van der Waals surface area contributed by atoms with Gasteiger partial charge in [-0.1, -0.05) is 43.2 Å². The second-order valence-electron chi connectivity index (χ2n) is 8.51. The average molecular weight is 410 g/mol. The number of aliphatic hydroxyl groups is 1. The van der Waals surface area contributed by atoms with Crippen LogP contribution in [0.25, 0.3) is 0 Å². The van der Waals surface area contributed by atoms with Gasteiger partial charge >= 0.3 is 0 Å². The van der Waals surface area contributed by atoms with Gasteiger partial charge in [0.2, 0.25) is 5.91 Å². The molecule has 1 saturated carbocycles. The summed E-state index contributed by atoms with van der Waals surface area (Å²) in [6, 6.07) is 15.3. The van der Waals surface area contributed by atoms with E-state index in [1.807, 2.05) is 53.4 Å². The van der Waals surface area contributed by atoms with Crippen LogP contribution in [0.5, 0.6) is 11.5 Å². The molecule has 1 heterocycles. The van der Waals surface area contributed by atoms with Crippen LogP contribution in [0.15, 0.2) is 48.5 Å². The minimum Gasteiger partial charge on any atom is -0.497 e. The van der Waals surface area contributed by atoms with Crippen LogP contribution in [-0.2, 0) is 11.2 Å². The molecule has 0 unspecified atom stereocenters. The van der Waals surface area contributed by atoms with Gasteiger partial charge in [-0.05, 0) is 43.0 Å². The number of hydrogen-bond acceptors (Lipinski definition) is 4. The Bertz CT molecular complexity index is 884. The van der Waals surface area contributed by atoms with Crippen molar-refractivity contribution in [3.05, 3.63) is 59.7 Å². The summed E-state index contributed by atoms with van der Waals surface area (Å²) >= 11 is 0. The van der Waals surface area contributed by atoms with Crippen molar-refractivity contribution in [2.75, 3.05) is 20.8 Å². The van der Waals surface area contributed by atoms with Gasteiger partial charge in [0.25, 0.3) is 0 Å². The second kappa shape index (κ2) is 8.68. The third kappa shape index (κ3) is 3.91. The highest BCUT2D eigenvalue weighted by atomic mass is 16.5. The molecule has 1 N–H and O–H groups in total. The Morgan fingerprint density at radius 2 is 1.90 bits per heavy atom. The van der Waals surface area contributed by atoms with E-state index in [-0.39, 0.29) is 17.9 Å². The average Bonchev–Trinajstić information content (AvgIpc) is 2.78. The highest BCUT2D eigenvalue weighted by Gasteiger charge is 2.50. The van der Waals surface area contributed by atoms with Crippen LogP contribution in [-0.4, -0.2) is 42.3 Å². The van der Waals surface area contributed by atoms with Crippen molar-refractivity contribution in [1.29, 1.82) is 0 Å². The zero-order valence-electron chi connectivity index (χ0n) is 17.8. The topological polar surface area (TPSA) is 59.0 Å². The van der Waals surface area contributed by atoms with Crippen LogP contribution in [0.4, 0.5) is 0 Å². The van der Waals surface area contributed by atoms with Crippen LogP contribution < -0.4 is 9.47 Å². The van der Waals surface area contributed by atoms with E-state index in [1.165, 1.54) is 0 Å². The molecule has 0 bridgehead atoms. The summed E-state index contributed by atoms with van der Waals surface area (Å²) in [5.74, 6) is 1.53. The summed E-state index contributed by atoms with van der Waals surface area (Å²) in [6.07, 6.45) is 4.77. The van der Waals surface area contributed by atoms with E-state index in [0.29, 0.717) is 19.4 Å². The first-order valence-electron chi connectivity index (χ1n) is 10.8. The van der Waals surface area contributed by atoms with Crippen LogP contribution in [0.2, 0.25) is 0 Å². The third-order valence-electron chi connectivity index (χ3n) is 6.84. The number of ether oxygens (including phenoxy) is 2. The number of hydrogen-bond donors (Lipinski definition) is 1. The number of carbonyl (C=O) groups is 1. The van der Waals surface area contributed by atoms with Crippen LogP contribution in [0.1, 0.15) is 49.3 Å². The van der Waals surface area contributed by atoms with Gasteiger partial charge in [0.15, 0.2) is 0 Å². The maximum absolute atomic E-state index is 13.5. The quantitative estimate of drug-likeness (QED) is 0.806. The zero-order valence-corrected chi connectivity index (χ0v) is 17.8. The van der Waals surface area contributed by atoms with Gasteiger partial charge in [-0.15, -0.1) is 0 Å². The molecule has 1 amide bonds. The summed E-state index contributed by atoms with van der Waals surface area (Å²) in [5.41, 5.74) is 1.19. The van der Waals surface area contributed by atoms with E-state index in [0.717, 1.165) is 48.3 Å². The fraction of sp³-hybridized carbons (Fsp3) is 0.480. The Morgan fingerprint density at radius 3 is 2.63 bits per heavy atom. The first-order chi connectivity index (χ1) is 14.6. The number of amides is 1. The molecule has 5 heteroatoms. The molecule has 0 aromatic heterocycles. The van der Waals surface area contributed by atoms with Crippen molar-refractivity contribution >= 4 is 5.91 Å². The molecule has 5 nitrogen and oxygen atoms in total. The first-order valence-corrected chi connectivity index (χ1v) is 10.8. The fourth-order valence-corrected chi connectivity index (χ4v) is 5.29. The SMILES string of the molecule is COc1ccc(OC)c([C@@H]2[C@@H]3CCCC[C@@]3(O)CCN2C(=O)Cc2ccccc2)c1. The Hall–Kier alpha value is -2.53. The normalized spacial score (nSPS) is 26.0. The van der Waals surface area contributed by atoms with Crippen molar-refractivity contribution < 1.29 is 19.4 Å². The molecule has 1 aliphatic heterocycles. The Morgan fingerprint density at radius 1 is 1.10 bits per heavy atom. The van der Waals surface area contributed by atoms with Crippen molar-refractivity contribution in [2.45, 2.75) is 50.2 Å². The fourth-order valence-electron chi connectivity index (χ4n) is 5.29. The highest BCUT2D eigenvalue weighted by Crippen LogP contribution is 2.51. The van der Waals surface area contributed by atoms with Gasteiger partial charge in [-0.2, -0.15) is 0 Å². The molecule has 30 heavy (non-hydrogen) atoms. The van der Waals surface area contributed by atoms with Gasteiger partial charge in [0.1, 0.15) is 11.5 Å². The lowest BCUT2D eigenvalue weighted by Gasteiger charge is -2.52. The van der Waals surface area contributed by atoms with Crippen molar-refractivity contribution in [2.24, 2.45) is 5.92 Å². The Kier molecular flexibility index (Phi) is 6.00. The smallest absolute Gasteiger partial charge is 0.227 e. The van der Waals surface area contributed by atoms with Gasteiger partial charge in [0.05, 0.1) is 32.3 Å². The van der Waals surface area contributed by atoms with Crippen molar-refractivity contribution in [3.63, 3.8) is 0 Å². The number of nitrogens with zero attached hydrogens (tertiary/aromatic N) is 1. The van der Waals surface area contributed by atoms with Gasteiger partial charge < -0.3 is 19.5 Å². The lowest BCUT2D eigenvalue weighted by atomic mass is 9.66. The van der Waals surface area contributed by atoms with E-state index in [2.05, 4.69) is 0 Å². The van der Waals surface area contributed by atoms with E-state index in [4.69, 9.17) is 9.47 Å².